The molecule has 0 unspecified atom stereocenters. The molecule has 14 rings (SSSR count). The molecule has 0 radical (unpaired) electrons. The number of para-hydroxylation sites is 5. The molecular weight excluding hydrogens is 771 g/mol. The van der Waals surface area contributed by atoms with Crippen LogP contribution in [0.5, 0.6) is 0 Å². The smallest absolute Gasteiger partial charge is 0.220 e. The highest BCUT2D eigenvalue weighted by Gasteiger charge is 2.22. The van der Waals surface area contributed by atoms with Crippen molar-refractivity contribution < 1.29 is 0 Å². The quantitative estimate of drug-likeness (QED) is 0.174. The first-order valence-corrected chi connectivity index (χ1v) is 21.3. The average Bonchev–Trinajstić information content (AvgIpc) is 4.14. The van der Waals surface area contributed by atoms with E-state index in [-0.39, 0.29) is 0 Å². The number of hydrogen-bond donors (Lipinski definition) is 0. The van der Waals surface area contributed by atoms with Crippen molar-refractivity contribution >= 4 is 77.5 Å². The van der Waals surface area contributed by atoms with Gasteiger partial charge in [-0.05, 0) is 107 Å². The maximum absolute atomic E-state index is 5.27. The van der Waals surface area contributed by atoms with Gasteiger partial charge in [0.2, 0.25) is 11.6 Å². The Morgan fingerprint density at radius 3 is 1.32 bits per heavy atom. The van der Waals surface area contributed by atoms with Crippen LogP contribution in [0.15, 0.2) is 212 Å². The zero-order chi connectivity index (χ0) is 41.2. The Kier molecular flexibility index (Phi) is 6.98. The number of nitrogens with zero attached hydrogens (tertiary/aromatic N) is 7. The monoisotopic (exact) mass is 805 g/mol. The minimum atomic E-state index is 0.879. The van der Waals surface area contributed by atoms with E-state index in [0.29, 0.717) is 0 Å². The predicted octanol–water partition coefficient (Wildman–Crippen LogP) is 13.6. The molecule has 0 fully saturated rings. The van der Waals surface area contributed by atoms with Crippen molar-refractivity contribution in [3.63, 3.8) is 0 Å². The zero-order valence-corrected chi connectivity index (χ0v) is 33.8. The predicted molar refractivity (Wildman–Crippen MR) is 258 cm³/mol. The van der Waals surface area contributed by atoms with E-state index < -0.39 is 0 Å². The average molecular weight is 806 g/mol. The molecule has 0 spiro atoms. The molecule has 0 N–H and O–H groups in total. The third kappa shape index (κ3) is 4.90. The highest BCUT2D eigenvalue weighted by molar-refractivity contribution is 6.10. The van der Waals surface area contributed by atoms with E-state index in [2.05, 4.69) is 235 Å². The number of fused-ring (bicyclic) bond motifs is 13. The Balaban J connectivity index is 0.999. The van der Waals surface area contributed by atoms with E-state index in [1.807, 2.05) is 0 Å². The second kappa shape index (κ2) is 12.9. The van der Waals surface area contributed by atoms with Gasteiger partial charge < -0.3 is 4.57 Å². The van der Waals surface area contributed by atoms with E-state index in [1.165, 1.54) is 33.0 Å². The fraction of sp³-hybridized carbons (Fsp3) is 0. The first-order chi connectivity index (χ1) is 31.2. The van der Waals surface area contributed by atoms with Crippen LogP contribution in [-0.2, 0) is 0 Å². The van der Waals surface area contributed by atoms with Gasteiger partial charge in [-0.3, -0.25) is 17.9 Å². The molecule has 9 aromatic carbocycles. The lowest BCUT2D eigenvalue weighted by Gasteiger charge is -2.13. The van der Waals surface area contributed by atoms with Crippen LogP contribution in [0, 0.1) is 0 Å². The van der Waals surface area contributed by atoms with Crippen LogP contribution in [0.1, 0.15) is 0 Å². The molecule has 7 nitrogen and oxygen atoms in total. The largest absolute Gasteiger partial charge is 0.309 e. The van der Waals surface area contributed by atoms with Crippen molar-refractivity contribution in [3.05, 3.63) is 212 Å². The van der Waals surface area contributed by atoms with Gasteiger partial charge in [0.15, 0.2) is 0 Å². The summed E-state index contributed by atoms with van der Waals surface area (Å²) in [6.07, 6.45) is 0. The number of aromatic nitrogens is 7. The van der Waals surface area contributed by atoms with E-state index in [4.69, 9.17) is 9.97 Å². The summed E-state index contributed by atoms with van der Waals surface area (Å²) in [5, 5.41) is 2.39. The maximum Gasteiger partial charge on any atom is 0.220 e. The second-order valence-corrected chi connectivity index (χ2v) is 16.4. The van der Waals surface area contributed by atoms with E-state index in [9.17, 15) is 0 Å². The third-order valence-electron chi connectivity index (χ3n) is 12.9. The van der Waals surface area contributed by atoms with Gasteiger partial charge in [0, 0.05) is 16.5 Å². The normalized spacial score (nSPS) is 12.1. The SMILES string of the molecule is c1ccc(-c2ccc3c(c2)n2c4ccccc4nc2n3-c2cccc(-n3c4ccccc4c4ccc(-n5c6ccc(-c7ccccc7)cc6n6c7ccccc7nc56)cc43)c2)cc1. The molecule has 0 saturated carbocycles. The van der Waals surface area contributed by atoms with Crippen molar-refractivity contribution in [1.29, 1.82) is 0 Å². The highest BCUT2D eigenvalue weighted by atomic mass is 15.2. The Morgan fingerprint density at radius 1 is 0.254 bits per heavy atom. The molecule has 0 aliphatic heterocycles. The van der Waals surface area contributed by atoms with Crippen molar-refractivity contribution in [2.45, 2.75) is 0 Å². The molecule has 0 amide bonds. The number of rotatable bonds is 5. The summed E-state index contributed by atoms with van der Waals surface area (Å²) in [5.41, 5.74) is 18.6. The standard InChI is InChI=1S/C56H35N7/c1-3-14-36(15-4-1)38-26-30-50-53(32-38)62-48-24-11-8-21-45(48)57-55(62)60(50)41-19-13-18-40(34-41)59-47-23-10-7-20-43(47)44-29-28-42(35-52(44)59)61-51-31-27-39(37-16-5-2-6-17-37)33-54(51)63-49-25-12-9-22-46(49)58-56(61)63/h1-35H. The van der Waals surface area contributed by atoms with Crippen molar-refractivity contribution in [2.75, 3.05) is 0 Å². The van der Waals surface area contributed by atoms with Crippen molar-refractivity contribution in [1.82, 2.24) is 32.5 Å². The molecule has 14 aromatic rings. The fourth-order valence-electron chi connectivity index (χ4n) is 10.1. The van der Waals surface area contributed by atoms with E-state index >= 15 is 0 Å². The molecule has 0 atom stereocenters. The lowest BCUT2D eigenvalue weighted by atomic mass is 10.1. The minimum Gasteiger partial charge on any atom is -0.309 e. The van der Waals surface area contributed by atoms with Crippen LogP contribution >= 0.6 is 0 Å². The molecular formula is C56H35N7. The minimum absolute atomic E-state index is 0.879. The molecule has 294 valence electrons. The van der Waals surface area contributed by atoms with Crippen LogP contribution in [0.2, 0.25) is 0 Å². The highest BCUT2D eigenvalue weighted by Crippen LogP contribution is 2.38. The van der Waals surface area contributed by atoms with Gasteiger partial charge in [0.1, 0.15) is 0 Å². The Bertz CT molecular complexity index is 4140. The van der Waals surface area contributed by atoms with Crippen LogP contribution in [0.3, 0.4) is 0 Å². The summed E-state index contributed by atoms with van der Waals surface area (Å²) < 4.78 is 11.7. The summed E-state index contributed by atoms with van der Waals surface area (Å²) in [4.78, 5) is 10.5. The molecule has 0 aliphatic rings. The summed E-state index contributed by atoms with van der Waals surface area (Å²) in [6.45, 7) is 0. The second-order valence-electron chi connectivity index (χ2n) is 16.4. The Hall–Kier alpha value is -8.68. The van der Waals surface area contributed by atoms with E-state index in [0.717, 1.165) is 83.8 Å². The van der Waals surface area contributed by atoms with Gasteiger partial charge in [-0.1, -0.05) is 127 Å². The van der Waals surface area contributed by atoms with Gasteiger partial charge >= 0.3 is 0 Å². The van der Waals surface area contributed by atoms with Crippen molar-refractivity contribution in [2.24, 2.45) is 0 Å². The number of hydrogen-bond acceptors (Lipinski definition) is 2. The van der Waals surface area contributed by atoms with E-state index in [1.54, 1.807) is 0 Å². The molecule has 0 bridgehead atoms. The molecule has 0 saturated heterocycles. The van der Waals surface area contributed by atoms with Crippen LogP contribution in [0.4, 0.5) is 0 Å². The lowest BCUT2D eigenvalue weighted by molar-refractivity contribution is 1.09. The van der Waals surface area contributed by atoms with Gasteiger partial charge in [-0.15, -0.1) is 0 Å². The fourth-order valence-corrected chi connectivity index (χ4v) is 10.1. The first kappa shape index (κ1) is 34.1. The molecule has 0 aliphatic carbocycles. The zero-order valence-electron chi connectivity index (χ0n) is 33.8. The molecule has 5 heterocycles. The van der Waals surface area contributed by atoms with Crippen LogP contribution in [0.25, 0.3) is 117 Å². The molecule has 63 heavy (non-hydrogen) atoms. The topological polar surface area (TPSA) is 49.4 Å². The summed E-state index contributed by atoms with van der Waals surface area (Å²) >= 11 is 0. The van der Waals surface area contributed by atoms with Crippen LogP contribution in [-0.4, -0.2) is 32.5 Å². The van der Waals surface area contributed by atoms with Crippen LogP contribution < -0.4 is 0 Å². The summed E-state index contributed by atoms with van der Waals surface area (Å²) in [7, 11) is 0. The summed E-state index contributed by atoms with van der Waals surface area (Å²) in [6, 6.07) is 76.0. The molecule has 5 aromatic heterocycles. The van der Waals surface area contributed by atoms with Gasteiger partial charge in [-0.2, -0.15) is 0 Å². The number of imidazole rings is 4. The Labute approximate surface area is 360 Å². The number of benzene rings is 9. The van der Waals surface area contributed by atoms with Crippen molar-refractivity contribution in [3.8, 4) is 39.3 Å². The maximum atomic E-state index is 5.27. The van der Waals surface area contributed by atoms with Gasteiger partial charge in [-0.25, -0.2) is 9.97 Å². The molecule has 7 heteroatoms. The third-order valence-corrected chi connectivity index (χ3v) is 12.9. The first-order valence-electron chi connectivity index (χ1n) is 21.3. The summed E-state index contributed by atoms with van der Waals surface area (Å²) in [5.74, 6) is 1.76. The van der Waals surface area contributed by atoms with Gasteiger partial charge in [0.05, 0.1) is 66.5 Å². The Morgan fingerprint density at radius 2 is 0.730 bits per heavy atom. The van der Waals surface area contributed by atoms with Gasteiger partial charge in [0.25, 0.3) is 0 Å². The lowest BCUT2D eigenvalue weighted by Crippen LogP contribution is -2.00.